The van der Waals surface area contributed by atoms with E-state index in [1.807, 2.05) is 18.2 Å². The number of aromatic nitrogens is 2. The van der Waals surface area contributed by atoms with E-state index in [-0.39, 0.29) is 0 Å². The zero-order valence-electron chi connectivity index (χ0n) is 11.2. The molecule has 1 aromatic heterocycles. The number of rotatable bonds is 3. The van der Waals surface area contributed by atoms with Crippen LogP contribution in [0.4, 0.5) is 11.5 Å². The van der Waals surface area contributed by atoms with Crippen LogP contribution in [-0.2, 0) is 4.74 Å². The van der Waals surface area contributed by atoms with Gasteiger partial charge < -0.3 is 15.8 Å². The maximum atomic E-state index is 5.87. The van der Waals surface area contributed by atoms with E-state index in [1.165, 1.54) is 12.8 Å². The summed E-state index contributed by atoms with van der Waals surface area (Å²) in [6, 6.07) is 6.11. The van der Waals surface area contributed by atoms with Gasteiger partial charge in [-0.05, 0) is 43.4 Å². The Kier molecular flexibility index (Phi) is 2.73. The molecule has 3 N–H and O–H groups in total. The van der Waals surface area contributed by atoms with Gasteiger partial charge in [0.2, 0.25) is 0 Å². The fourth-order valence-electron chi connectivity index (χ4n) is 3.02. The summed E-state index contributed by atoms with van der Waals surface area (Å²) in [7, 11) is 0. The van der Waals surface area contributed by atoms with Gasteiger partial charge in [-0.2, -0.15) is 0 Å². The summed E-state index contributed by atoms with van der Waals surface area (Å²) in [5.41, 5.74) is 7.41. The topological polar surface area (TPSA) is 73.1 Å². The number of hydrogen-bond donors (Lipinski definition) is 2. The van der Waals surface area contributed by atoms with Crippen LogP contribution >= 0.6 is 0 Å². The Morgan fingerprint density at radius 3 is 2.95 bits per heavy atom. The second kappa shape index (κ2) is 4.59. The third kappa shape index (κ3) is 2.08. The monoisotopic (exact) mass is 270 g/mol. The summed E-state index contributed by atoms with van der Waals surface area (Å²) < 4.78 is 5.87. The van der Waals surface area contributed by atoms with E-state index in [2.05, 4.69) is 15.3 Å². The molecule has 2 unspecified atom stereocenters. The molecule has 104 valence electrons. The van der Waals surface area contributed by atoms with Crippen LogP contribution in [0.15, 0.2) is 24.5 Å². The number of nitrogen functional groups attached to an aromatic ring is 1. The molecule has 2 heterocycles. The van der Waals surface area contributed by atoms with Crippen LogP contribution in [0.2, 0.25) is 0 Å². The van der Waals surface area contributed by atoms with Crippen molar-refractivity contribution >= 4 is 22.4 Å². The zero-order chi connectivity index (χ0) is 13.5. The Labute approximate surface area is 117 Å². The SMILES string of the molecule is Nc1ccc2c(NC3CCOC3C3CC3)ncnc2c1. The molecule has 5 nitrogen and oxygen atoms in total. The minimum atomic E-state index is 0.341. The molecule has 2 fully saturated rings. The van der Waals surface area contributed by atoms with Gasteiger partial charge in [-0.1, -0.05) is 0 Å². The number of ether oxygens (including phenoxy) is 1. The number of anilines is 2. The lowest BCUT2D eigenvalue weighted by Gasteiger charge is -2.20. The van der Waals surface area contributed by atoms with Crippen molar-refractivity contribution in [2.45, 2.75) is 31.4 Å². The van der Waals surface area contributed by atoms with Crippen LogP contribution in [0.1, 0.15) is 19.3 Å². The van der Waals surface area contributed by atoms with Crippen molar-refractivity contribution in [1.82, 2.24) is 9.97 Å². The number of benzene rings is 1. The molecule has 1 saturated carbocycles. The molecule has 4 rings (SSSR count). The number of hydrogen-bond acceptors (Lipinski definition) is 5. The van der Waals surface area contributed by atoms with E-state index in [0.717, 1.165) is 41.4 Å². The number of nitrogens with zero attached hydrogens (tertiary/aromatic N) is 2. The van der Waals surface area contributed by atoms with Crippen molar-refractivity contribution in [3.8, 4) is 0 Å². The number of nitrogens with one attached hydrogen (secondary N) is 1. The van der Waals surface area contributed by atoms with Crippen LogP contribution in [0.25, 0.3) is 10.9 Å². The minimum absolute atomic E-state index is 0.341. The Morgan fingerprint density at radius 1 is 1.20 bits per heavy atom. The van der Waals surface area contributed by atoms with Crippen molar-refractivity contribution in [3.63, 3.8) is 0 Å². The standard InChI is InChI=1S/C15H18N4O/c16-10-3-4-11-13(7-10)17-8-18-15(11)19-12-5-6-20-14(12)9-1-2-9/h3-4,7-9,12,14H,1-2,5-6,16H2,(H,17,18,19). The number of nitrogens with two attached hydrogens (primary N) is 1. The molecule has 2 atom stereocenters. The summed E-state index contributed by atoms with van der Waals surface area (Å²) in [5, 5.41) is 4.57. The normalized spacial score (nSPS) is 26.0. The summed E-state index contributed by atoms with van der Waals surface area (Å²) in [6.45, 7) is 0.842. The van der Waals surface area contributed by atoms with Crippen molar-refractivity contribution in [1.29, 1.82) is 0 Å². The van der Waals surface area contributed by atoms with E-state index in [4.69, 9.17) is 10.5 Å². The predicted octanol–water partition coefficient (Wildman–Crippen LogP) is 2.19. The van der Waals surface area contributed by atoms with Gasteiger partial charge in [0.25, 0.3) is 0 Å². The first-order valence-electron chi connectivity index (χ1n) is 7.19. The van der Waals surface area contributed by atoms with E-state index in [9.17, 15) is 0 Å². The molecule has 1 aromatic carbocycles. The molecular formula is C15H18N4O. The highest BCUT2D eigenvalue weighted by Crippen LogP contribution is 2.39. The highest BCUT2D eigenvalue weighted by Gasteiger charge is 2.40. The Balaban J connectivity index is 1.65. The van der Waals surface area contributed by atoms with Crippen LogP contribution in [0.5, 0.6) is 0 Å². The molecular weight excluding hydrogens is 252 g/mol. The first kappa shape index (κ1) is 11.9. The van der Waals surface area contributed by atoms with Crippen LogP contribution < -0.4 is 11.1 Å². The molecule has 0 radical (unpaired) electrons. The van der Waals surface area contributed by atoms with Crippen LogP contribution in [-0.4, -0.2) is 28.7 Å². The lowest BCUT2D eigenvalue weighted by Crippen LogP contribution is -2.31. The fraction of sp³-hybridized carbons (Fsp3) is 0.467. The van der Waals surface area contributed by atoms with Gasteiger partial charge in [-0.15, -0.1) is 0 Å². The molecule has 0 spiro atoms. The lowest BCUT2D eigenvalue weighted by atomic mass is 10.1. The summed E-state index contributed by atoms with van der Waals surface area (Å²) >= 11 is 0. The Hall–Kier alpha value is -1.88. The molecule has 0 bridgehead atoms. The van der Waals surface area contributed by atoms with Gasteiger partial charge >= 0.3 is 0 Å². The van der Waals surface area contributed by atoms with Crippen LogP contribution in [0.3, 0.4) is 0 Å². The van der Waals surface area contributed by atoms with Crippen molar-refractivity contribution in [2.24, 2.45) is 5.92 Å². The Morgan fingerprint density at radius 2 is 2.10 bits per heavy atom. The first-order chi connectivity index (χ1) is 9.81. The van der Waals surface area contributed by atoms with Gasteiger partial charge in [0, 0.05) is 17.7 Å². The summed E-state index contributed by atoms with van der Waals surface area (Å²) in [4.78, 5) is 8.68. The minimum Gasteiger partial charge on any atom is -0.399 e. The largest absolute Gasteiger partial charge is 0.399 e. The van der Waals surface area contributed by atoms with Crippen LogP contribution in [0, 0.1) is 5.92 Å². The second-order valence-electron chi connectivity index (χ2n) is 5.71. The van der Waals surface area contributed by atoms with Crippen molar-refractivity contribution in [2.75, 3.05) is 17.7 Å². The van der Waals surface area contributed by atoms with E-state index < -0.39 is 0 Å². The maximum absolute atomic E-state index is 5.87. The smallest absolute Gasteiger partial charge is 0.137 e. The summed E-state index contributed by atoms with van der Waals surface area (Å²) in [6.07, 6.45) is 5.57. The molecule has 1 aliphatic carbocycles. The molecule has 5 heteroatoms. The summed E-state index contributed by atoms with van der Waals surface area (Å²) in [5.74, 6) is 1.62. The molecule has 1 saturated heterocycles. The second-order valence-corrected chi connectivity index (χ2v) is 5.71. The fourth-order valence-corrected chi connectivity index (χ4v) is 3.02. The van der Waals surface area contributed by atoms with Gasteiger partial charge in [0.15, 0.2) is 0 Å². The van der Waals surface area contributed by atoms with Gasteiger partial charge in [0.05, 0.1) is 17.7 Å². The average Bonchev–Trinajstić information content (AvgIpc) is 3.19. The molecule has 2 aliphatic rings. The zero-order valence-corrected chi connectivity index (χ0v) is 11.2. The van der Waals surface area contributed by atoms with E-state index in [0.29, 0.717) is 12.1 Å². The first-order valence-corrected chi connectivity index (χ1v) is 7.19. The highest BCUT2D eigenvalue weighted by molar-refractivity contribution is 5.90. The lowest BCUT2D eigenvalue weighted by molar-refractivity contribution is 0.0898. The third-order valence-electron chi connectivity index (χ3n) is 4.21. The van der Waals surface area contributed by atoms with Gasteiger partial charge in [-0.3, -0.25) is 0 Å². The van der Waals surface area contributed by atoms with E-state index >= 15 is 0 Å². The molecule has 0 amide bonds. The molecule has 20 heavy (non-hydrogen) atoms. The van der Waals surface area contributed by atoms with Crippen molar-refractivity contribution < 1.29 is 4.74 Å². The third-order valence-corrected chi connectivity index (χ3v) is 4.21. The van der Waals surface area contributed by atoms with E-state index in [1.54, 1.807) is 6.33 Å². The molecule has 1 aliphatic heterocycles. The predicted molar refractivity (Wildman–Crippen MR) is 78.4 cm³/mol. The molecule has 2 aromatic rings. The maximum Gasteiger partial charge on any atom is 0.137 e. The highest BCUT2D eigenvalue weighted by atomic mass is 16.5. The average molecular weight is 270 g/mol. The quantitative estimate of drug-likeness (QED) is 0.836. The van der Waals surface area contributed by atoms with Gasteiger partial charge in [-0.25, -0.2) is 9.97 Å². The number of fused-ring (bicyclic) bond motifs is 1. The Bertz CT molecular complexity index is 641. The van der Waals surface area contributed by atoms with Crippen molar-refractivity contribution in [3.05, 3.63) is 24.5 Å². The van der Waals surface area contributed by atoms with Gasteiger partial charge in [0.1, 0.15) is 12.1 Å².